The van der Waals surface area contributed by atoms with E-state index in [0.29, 0.717) is 11.8 Å². The minimum Gasteiger partial charge on any atom is -0.398 e. The third-order valence-electron chi connectivity index (χ3n) is 5.41. The van der Waals surface area contributed by atoms with Crippen LogP contribution in [-0.4, -0.2) is 0 Å². The Kier molecular flexibility index (Phi) is 4.77. The second kappa shape index (κ2) is 6.71. The standard InChI is InChI=1S/C24H31N/c1-16-9-8-11-18(13-16)21-14-19(24(3,4)5)15-22(23(21)25)20-12-7-6-10-17(20)2/h6-9,11-12,14-17H,10,13,25H2,1-5H3. The van der Waals surface area contributed by atoms with Crippen molar-refractivity contribution in [2.24, 2.45) is 11.8 Å². The van der Waals surface area contributed by atoms with Crippen LogP contribution in [0.25, 0.3) is 11.1 Å². The SMILES string of the molecule is CC1C=CC=C(c2cc(C(C)(C)C)cc(C3=CC=CCC3C)c2N)C1. The Hall–Kier alpha value is -2.02. The number of anilines is 1. The first-order chi connectivity index (χ1) is 11.8. The van der Waals surface area contributed by atoms with Gasteiger partial charge in [-0.25, -0.2) is 0 Å². The van der Waals surface area contributed by atoms with Gasteiger partial charge >= 0.3 is 0 Å². The first-order valence-corrected chi connectivity index (χ1v) is 9.46. The van der Waals surface area contributed by atoms with E-state index in [1.807, 2.05) is 0 Å². The van der Waals surface area contributed by atoms with Gasteiger partial charge in [0.25, 0.3) is 0 Å². The van der Waals surface area contributed by atoms with Gasteiger partial charge in [0, 0.05) is 16.8 Å². The highest BCUT2D eigenvalue weighted by atomic mass is 14.6. The van der Waals surface area contributed by atoms with Crippen LogP contribution in [0.2, 0.25) is 0 Å². The summed E-state index contributed by atoms with van der Waals surface area (Å²) in [7, 11) is 0. The average Bonchev–Trinajstić information content (AvgIpc) is 2.55. The molecule has 2 N–H and O–H groups in total. The third kappa shape index (κ3) is 3.66. The van der Waals surface area contributed by atoms with E-state index in [1.54, 1.807) is 0 Å². The average molecular weight is 334 g/mol. The van der Waals surface area contributed by atoms with E-state index >= 15 is 0 Å². The Balaban J connectivity index is 2.20. The van der Waals surface area contributed by atoms with E-state index in [9.17, 15) is 0 Å². The Morgan fingerprint density at radius 2 is 1.72 bits per heavy atom. The van der Waals surface area contributed by atoms with Gasteiger partial charge in [-0.2, -0.15) is 0 Å². The van der Waals surface area contributed by atoms with Gasteiger partial charge in [-0.3, -0.25) is 0 Å². The van der Waals surface area contributed by atoms with Crippen molar-refractivity contribution in [1.29, 1.82) is 0 Å². The summed E-state index contributed by atoms with van der Waals surface area (Å²) in [5.41, 5.74) is 14.3. The van der Waals surface area contributed by atoms with E-state index in [2.05, 4.69) is 83.2 Å². The number of benzene rings is 1. The molecule has 1 aromatic rings. The van der Waals surface area contributed by atoms with Gasteiger partial charge in [0.2, 0.25) is 0 Å². The number of allylic oxidation sites excluding steroid dienone is 8. The van der Waals surface area contributed by atoms with Crippen LogP contribution in [-0.2, 0) is 5.41 Å². The maximum absolute atomic E-state index is 6.73. The molecule has 3 rings (SSSR count). The van der Waals surface area contributed by atoms with Crippen molar-refractivity contribution in [2.75, 3.05) is 5.73 Å². The van der Waals surface area contributed by atoms with Crippen molar-refractivity contribution >= 4 is 16.8 Å². The zero-order valence-electron chi connectivity index (χ0n) is 16.3. The van der Waals surface area contributed by atoms with Crippen LogP contribution in [0.1, 0.15) is 64.2 Å². The largest absolute Gasteiger partial charge is 0.398 e. The summed E-state index contributed by atoms with van der Waals surface area (Å²) in [4.78, 5) is 0. The molecule has 2 aliphatic rings. The molecule has 2 atom stereocenters. The fraction of sp³-hybridized carbons (Fsp3) is 0.417. The molecular formula is C24H31N. The molecule has 132 valence electrons. The maximum atomic E-state index is 6.73. The minimum atomic E-state index is 0.0994. The molecular weight excluding hydrogens is 302 g/mol. The number of nitrogens with two attached hydrogens (primary N) is 1. The highest BCUT2D eigenvalue weighted by molar-refractivity contribution is 5.87. The number of hydrogen-bond acceptors (Lipinski definition) is 1. The monoisotopic (exact) mass is 333 g/mol. The zero-order valence-corrected chi connectivity index (χ0v) is 16.3. The lowest BCUT2D eigenvalue weighted by atomic mass is 9.78. The zero-order chi connectivity index (χ0) is 18.2. The molecule has 0 bridgehead atoms. The Labute approximate surface area is 153 Å². The van der Waals surface area contributed by atoms with Crippen molar-refractivity contribution in [1.82, 2.24) is 0 Å². The molecule has 25 heavy (non-hydrogen) atoms. The molecule has 0 aromatic heterocycles. The van der Waals surface area contributed by atoms with Gasteiger partial charge in [0.05, 0.1) is 0 Å². The van der Waals surface area contributed by atoms with Gasteiger partial charge < -0.3 is 5.73 Å². The van der Waals surface area contributed by atoms with Crippen LogP contribution in [0.4, 0.5) is 5.69 Å². The summed E-state index contributed by atoms with van der Waals surface area (Å²) in [6.45, 7) is 11.4. The molecule has 0 amide bonds. The molecule has 1 aromatic carbocycles. The molecule has 0 spiro atoms. The molecule has 0 saturated heterocycles. The second-order valence-corrected chi connectivity index (χ2v) is 8.68. The van der Waals surface area contributed by atoms with Gasteiger partial charge in [0.1, 0.15) is 0 Å². The summed E-state index contributed by atoms with van der Waals surface area (Å²) in [6, 6.07) is 4.64. The van der Waals surface area contributed by atoms with Crippen molar-refractivity contribution in [3.05, 3.63) is 65.3 Å². The molecule has 1 nitrogen and oxygen atoms in total. The van der Waals surface area contributed by atoms with Crippen LogP contribution in [0, 0.1) is 11.8 Å². The quantitative estimate of drug-likeness (QED) is 0.612. The lowest BCUT2D eigenvalue weighted by Crippen LogP contribution is -2.15. The van der Waals surface area contributed by atoms with Crippen LogP contribution in [0.15, 0.2) is 48.6 Å². The molecule has 0 heterocycles. The van der Waals surface area contributed by atoms with Crippen molar-refractivity contribution < 1.29 is 0 Å². The molecule has 2 aliphatic carbocycles. The smallest absolute Gasteiger partial charge is 0.0467 e. The predicted octanol–water partition coefficient (Wildman–Crippen LogP) is 6.53. The molecule has 0 saturated carbocycles. The topological polar surface area (TPSA) is 26.0 Å². The van der Waals surface area contributed by atoms with E-state index in [1.165, 1.54) is 27.8 Å². The Morgan fingerprint density at radius 3 is 2.36 bits per heavy atom. The van der Waals surface area contributed by atoms with Crippen molar-refractivity contribution in [3.8, 4) is 0 Å². The Bertz CT molecular complexity index is 781. The minimum absolute atomic E-state index is 0.0994. The molecule has 0 aliphatic heterocycles. The summed E-state index contributed by atoms with van der Waals surface area (Å²) < 4.78 is 0. The number of hydrogen-bond donors (Lipinski definition) is 1. The van der Waals surface area contributed by atoms with Crippen molar-refractivity contribution in [2.45, 2.75) is 52.9 Å². The number of nitrogen functional groups attached to an aromatic ring is 1. The van der Waals surface area contributed by atoms with E-state index < -0.39 is 0 Å². The summed E-state index contributed by atoms with van der Waals surface area (Å²) >= 11 is 0. The Morgan fingerprint density at radius 1 is 1.00 bits per heavy atom. The highest BCUT2D eigenvalue weighted by Crippen LogP contribution is 2.41. The van der Waals surface area contributed by atoms with E-state index in [4.69, 9.17) is 5.73 Å². The van der Waals surface area contributed by atoms with Gasteiger partial charge in [-0.1, -0.05) is 71.1 Å². The van der Waals surface area contributed by atoms with Crippen LogP contribution >= 0.6 is 0 Å². The van der Waals surface area contributed by atoms with Crippen molar-refractivity contribution in [3.63, 3.8) is 0 Å². The lowest BCUT2D eigenvalue weighted by molar-refractivity contribution is 0.589. The molecule has 0 radical (unpaired) electrons. The first-order valence-electron chi connectivity index (χ1n) is 9.46. The van der Waals surface area contributed by atoms with E-state index in [0.717, 1.165) is 18.5 Å². The fourth-order valence-corrected chi connectivity index (χ4v) is 3.74. The van der Waals surface area contributed by atoms with Gasteiger partial charge in [-0.05, 0) is 58.9 Å². The van der Waals surface area contributed by atoms with Crippen LogP contribution < -0.4 is 5.73 Å². The maximum Gasteiger partial charge on any atom is 0.0467 e. The second-order valence-electron chi connectivity index (χ2n) is 8.68. The van der Waals surface area contributed by atoms with Gasteiger partial charge in [-0.15, -0.1) is 0 Å². The van der Waals surface area contributed by atoms with Gasteiger partial charge in [0.15, 0.2) is 0 Å². The molecule has 1 heteroatoms. The third-order valence-corrected chi connectivity index (χ3v) is 5.41. The summed E-state index contributed by atoms with van der Waals surface area (Å²) in [6.07, 6.45) is 15.5. The fourth-order valence-electron chi connectivity index (χ4n) is 3.74. The number of rotatable bonds is 2. The normalized spacial score (nSPS) is 23.4. The molecule has 2 unspecified atom stereocenters. The summed E-state index contributed by atoms with van der Waals surface area (Å²) in [5, 5.41) is 0. The lowest BCUT2D eigenvalue weighted by Gasteiger charge is -2.27. The predicted molar refractivity (Wildman–Crippen MR) is 111 cm³/mol. The van der Waals surface area contributed by atoms with Crippen LogP contribution in [0.3, 0.4) is 0 Å². The van der Waals surface area contributed by atoms with E-state index in [-0.39, 0.29) is 5.41 Å². The highest BCUT2D eigenvalue weighted by Gasteiger charge is 2.23. The first kappa shape index (κ1) is 17.8. The van der Waals surface area contributed by atoms with Crippen LogP contribution in [0.5, 0.6) is 0 Å². The molecule has 0 fully saturated rings. The summed E-state index contributed by atoms with van der Waals surface area (Å²) in [5.74, 6) is 1.08.